The SMILES string of the molecule is CC(C)NC(=O)c1cc(Cl)sc1Cl. The molecule has 1 heterocycles. The Hall–Kier alpha value is -0.250. The second kappa shape index (κ2) is 4.31. The highest BCUT2D eigenvalue weighted by Gasteiger charge is 2.14. The number of hydrogen-bond donors (Lipinski definition) is 1. The van der Waals surface area contributed by atoms with E-state index in [1.54, 1.807) is 6.07 Å². The highest BCUT2D eigenvalue weighted by molar-refractivity contribution is 7.20. The van der Waals surface area contributed by atoms with Gasteiger partial charge in [0.25, 0.3) is 5.91 Å². The first-order valence-electron chi connectivity index (χ1n) is 3.76. The summed E-state index contributed by atoms with van der Waals surface area (Å²) in [4.78, 5) is 11.4. The van der Waals surface area contributed by atoms with Crippen LogP contribution in [-0.4, -0.2) is 11.9 Å². The van der Waals surface area contributed by atoms with E-state index in [0.717, 1.165) is 0 Å². The molecule has 0 saturated heterocycles. The molecule has 1 aromatic heterocycles. The van der Waals surface area contributed by atoms with Crippen molar-refractivity contribution in [1.82, 2.24) is 5.32 Å². The Balaban J connectivity index is 2.82. The van der Waals surface area contributed by atoms with E-state index >= 15 is 0 Å². The molecule has 1 N–H and O–H groups in total. The van der Waals surface area contributed by atoms with Crippen molar-refractivity contribution in [3.8, 4) is 0 Å². The van der Waals surface area contributed by atoms with Crippen LogP contribution in [0.25, 0.3) is 0 Å². The predicted octanol–water partition coefficient (Wildman–Crippen LogP) is 3.19. The fourth-order valence-corrected chi connectivity index (χ4v) is 2.29. The Labute approximate surface area is 90.8 Å². The van der Waals surface area contributed by atoms with Gasteiger partial charge in [0, 0.05) is 6.04 Å². The molecule has 0 atom stereocenters. The summed E-state index contributed by atoms with van der Waals surface area (Å²) >= 11 is 12.7. The van der Waals surface area contributed by atoms with Gasteiger partial charge in [0.05, 0.1) is 9.90 Å². The Bertz CT molecular complexity index is 322. The summed E-state index contributed by atoms with van der Waals surface area (Å²) in [5.74, 6) is -0.178. The molecular formula is C8H9Cl2NOS. The lowest BCUT2D eigenvalue weighted by molar-refractivity contribution is 0.0944. The van der Waals surface area contributed by atoms with Crippen molar-refractivity contribution in [1.29, 1.82) is 0 Å². The highest BCUT2D eigenvalue weighted by atomic mass is 35.5. The lowest BCUT2D eigenvalue weighted by atomic mass is 10.3. The van der Waals surface area contributed by atoms with Gasteiger partial charge < -0.3 is 5.32 Å². The Morgan fingerprint density at radius 1 is 1.54 bits per heavy atom. The summed E-state index contributed by atoms with van der Waals surface area (Å²) in [6.45, 7) is 3.78. The molecular weight excluding hydrogens is 229 g/mol. The zero-order chi connectivity index (χ0) is 10.0. The van der Waals surface area contributed by atoms with Crippen LogP contribution in [0.3, 0.4) is 0 Å². The van der Waals surface area contributed by atoms with Gasteiger partial charge >= 0.3 is 0 Å². The molecule has 0 spiro atoms. The van der Waals surface area contributed by atoms with Crippen LogP contribution in [0.5, 0.6) is 0 Å². The van der Waals surface area contributed by atoms with Gasteiger partial charge in [0.15, 0.2) is 0 Å². The summed E-state index contributed by atoms with van der Waals surface area (Å²) in [6, 6.07) is 1.67. The minimum absolute atomic E-state index is 0.0993. The van der Waals surface area contributed by atoms with E-state index in [1.807, 2.05) is 13.8 Å². The molecule has 72 valence electrons. The van der Waals surface area contributed by atoms with Crippen LogP contribution in [0.2, 0.25) is 8.67 Å². The maximum absolute atomic E-state index is 11.4. The van der Waals surface area contributed by atoms with Crippen LogP contribution >= 0.6 is 34.5 Å². The monoisotopic (exact) mass is 237 g/mol. The number of carbonyl (C=O) groups is 1. The molecule has 2 nitrogen and oxygen atoms in total. The first-order valence-corrected chi connectivity index (χ1v) is 5.33. The number of thiophene rings is 1. The maximum Gasteiger partial charge on any atom is 0.253 e. The largest absolute Gasteiger partial charge is 0.350 e. The van der Waals surface area contributed by atoms with Crippen LogP contribution in [0.1, 0.15) is 24.2 Å². The minimum Gasteiger partial charge on any atom is -0.350 e. The van der Waals surface area contributed by atoms with Gasteiger partial charge in [0.2, 0.25) is 0 Å². The zero-order valence-corrected chi connectivity index (χ0v) is 9.56. The summed E-state index contributed by atoms with van der Waals surface area (Å²) in [6.07, 6.45) is 0. The normalized spacial score (nSPS) is 10.5. The molecule has 0 fully saturated rings. The minimum atomic E-state index is -0.178. The smallest absolute Gasteiger partial charge is 0.253 e. The van der Waals surface area contributed by atoms with Gasteiger partial charge in [0.1, 0.15) is 4.34 Å². The lowest BCUT2D eigenvalue weighted by Gasteiger charge is -2.06. The van der Waals surface area contributed by atoms with Gasteiger partial charge in [-0.1, -0.05) is 23.2 Å². The first-order chi connectivity index (χ1) is 6.00. The van der Waals surface area contributed by atoms with Gasteiger partial charge in [-0.15, -0.1) is 11.3 Å². The molecule has 0 unspecified atom stereocenters. The number of hydrogen-bond acceptors (Lipinski definition) is 2. The number of halogens is 2. The van der Waals surface area contributed by atoms with E-state index in [1.165, 1.54) is 11.3 Å². The molecule has 1 rings (SSSR count). The van der Waals surface area contributed by atoms with E-state index in [0.29, 0.717) is 14.2 Å². The molecule has 13 heavy (non-hydrogen) atoms. The average Bonchev–Trinajstić information content (AvgIpc) is 2.28. The van der Waals surface area contributed by atoms with Gasteiger partial charge in [-0.3, -0.25) is 4.79 Å². The van der Waals surface area contributed by atoms with Crippen LogP contribution in [0, 0.1) is 0 Å². The van der Waals surface area contributed by atoms with Gasteiger partial charge in [-0.25, -0.2) is 0 Å². The third-order valence-corrected chi connectivity index (χ3v) is 2.81. The van der Waals surface area contributed by atoms with Crippen molar-refractivity contribution in [2.45, 2.75) is 19.9 Å². The van der Waals surface area contributed by atoms with Gasteiger partial charge in [-0.05, 0) is 19.9 Å². The zero-order valence-electron chi connectivity index (χ0n) is 7.23. The number of rotatable bonds is 2. The number of nitrogens with one attached hydrogen (secondary N) is 1. The molecule has 1 amide bonds. The fourth-order valence-electron chi connectivity index (χ4n) is 0.835. The van der Waals surface area contributed by atoms with Crippen LogP contribution in [-0.2, 0) is 0 Å². The standard InChI is InChI=1S/C8H9Cl2NOS/c1-4(2)11-8(12)5-3-6(9)13-7(5)10/h3-4H,1-2H3,(H,11,12). The molecule has 0 aliphatic rings. The summed E-state index contributed by atoms with van der Waals surface area (Å²) in [7, 11) is 0. The van der Waals surface area contributed by atoms with E-state index in [4.69, 9.17) is 23.2 Å². The molecule has 1 aromatic rings. The molecule has 0 aliphatic heterocycles. The van der Waals surface area contributed by atoms with Crippen molar-refractivity contribution in [3.63, 3.8) is 0 Å². The Kier molecular flexibility index (Phi) is 3.59. The summed E-state index contributed by atoms with van der Waals surface area (Å²) in [5.41, 5.74) is 0.449. The quantitative estimate of drug-likeness (QED) is 0.842. The molecule has 0 aliphatic carbocycles. The number of amides is 1. The third kappa shape index (κ3) is 2.86. The molecule has 0 radical (unpaired) electrons. The summed E-state index contributed by atoms with van der Waals surface area (Å²) in [5, 5.41) is 2.74. The van der Waals surface area contributed by atoms with E-state index in [9.17, 15) is 4.79 Å². The van der Waals surface area contributed by atoms with Crippen LogP contribution in [0.4, 0.5) is 0 Å². The number of carbonyl (C=O) groups excluding carboxylic acids is 1. The molecule has 0 aromatic carbocycles. The van der Waals surface area contributed by atoms with Crippen molar-refractivity contribution < 1.29 is 4.79 Å². The predicted molar refractivity (Wildman–Crippen MR) is 56.9 cm³/mol. The third-order valence-electron chi connectivity index (χ3n) is 1.32. The lowest BCUT2D eigenvalue weighted by Crippen LogP contribution is -2.29. The molecule has 0 saturated carbocycles. The fraction of sp³-hybridized carbons (Fsp3) is 0.375. The van der Waals surface area contributed by atoms with E-state index in [-0.39, 0.29) is 11.9 Å². The molecule has 0 bridgehead atoms. The van der Waals surface area contributed by atoms with Crippen molar-refractivity contribution >= 4 is 40.4 Å². The van der Waals surface area contributed by atoms with E-state index < -0.39 is 0 Å². The van der Waals surface area contributed by atoms with Crippen LogP contribution in [0.15, 0.2) is 6.07 Å². The van der Waals surface area contributed by atoms with Gasteiger partial charge in [-0.2, -0.15) is 0 Å². The summed E-state index contributed by atoms with van der Waals surface area (Å²) < 4.78 is 0.960. The first kappa shape index (κ1) is 10.8. The maximum atomic E-state index is 11.4. The Morgan fingerprint density at radius 3 is 2.54 bits per heavy atom. The van der Waals surface area contributed by atoms with Crippen LogP contribution < -0.4 is 5.32 Å². The van der Waals surface area contributed by atoms with Crippen molar-refractivity contribution in [2.24, 2.45) is 0 Å². The second-order valence-electron chi connectivity index (χ2n) is 2.87. The Morgan fingerprint density at radius 2 is 2.15 bits per heavy atom. The second-order valence-corrected chi connectivity index (χ2v) is 5.15. The molecule has 5 heteroatoms. The van der Waals surface area contributed by atoms with Crippen molar-refractivity contribution in [2.75, 3.05) is 0 Å². The van der Waals surface area contributed by atoms with E-state index in [2.05, 4.69) is 5.32 Å². The highest BCUT2D eigenvalue weighted by Crippen LogP contribution is 2.30. The topological polar surface area (TPSA) is 29.1 Å². The average molecular weight is 238 g/mol. The van der Waals surface area contributed by atoms with Crippen molar-refractivity contribution in [3.05, 3.63) is 20.3 Å².